The molecule has 0 radical (unpaired) electrons. The standard InChI is InChI=1S/C12H25NO/c1-6-8(2)13-7-12-9(3)10(4)14-11(12)5/h8-13H,6-7H2,1-5H3. The van der Waals surface area contributed by atoms with Crippen LogP contribution in [0.1, 0.15) is 41.0 Å². The molecule has 1 saturated heterocycles. The van der Waals surface area contributed by atoms with E-state index in [1.54, 1.807) is 0 Å². The van der Waals surface area contributed by atoms with E-state index in [9.17, 15) is 0 Å². The van der Waals surface area contributed by atoms with E-state index in [-0.39, 0.29) is 0 Å². The Morgan fingerprint density at radius 2 is 1.86 bits per heavy atom. The second-order valence-electron chi connectivity index (χ2n) is 4.79. The molecular formula is C12H25NO. The topological polar surface area (TPSA) is 21.3 Å². The summed E-state index contributed by atoms with van der Waals surface area (Å²) in [5.74, 6) is 1.36. The molecule has 84 valence electrons. The summed E-state index contributed by atoms with van der Waals surface area (Å²) in [6, 6.07) is 0.630. The van der Waals surface area contributed by atoms with Crippen molar-refractivity contribution in [1.82, 2.24) is 5.32 Å². The van der Waals surface area contributed by atoms with Gasteiger partial charge in [0.25, 0.3) is 0 Å². The van der Waals surface area contributed by atoms with Crippen molar-refractivity contribution in [3.8, 4) is 0 Å². The smallest absolute Gasteiger partial charge is 0.0594 e. The van der Waals surface area contributed by atoms with Crippen molar-refractivity contribution in [3.05, 3.63) is 0 Å². The molecule has 2 nitrogen and oxygen atoms in total. The van der Waals surface area contributed by atoms with Crippen LogP contribution in [0.4, 0.5) is 0 Å². The fraction of sp³-hybridized carbons (Fsp3) is 1.00. The van der Waals surface area contributed by atoms with E-state index in [4.69, 9.17) is 4.74 Å². The molecule has 0 amide bonds. The lowest BCUT2D eigenvalue weighted by molar-refractivity contribution is 0.0510. The monoisotopic (exact) mass is 199 g/mol. The maximum Gasteiger partial charge on any atom is 0.0594 e. The summed E-state index contributed by atoms with van der Waals surface area (Å²) in [6.07, 6.45) is 2.04. The summed E-state index contributed by atoms with van der Waals surface area (Å²) < 4.78 is 5.81. The zero-order valence-corrected chi connectivity index (χ0v) is 10.2. The highest BCUT2D eigenvalue weighted by molar-refractivity contribution is 4.85. The van der Waals surface area contributed by atoms with Gasteiger partial charge in [-0.05, 0) is 33.1 Å². The van der Waals surface area contributed by atoms with E-state index in [1.165, 1.54) is 6.42 Å². The van der Waals surface area contributed by atoms with E-state index in [2.05, 4.69) is 39.9 Å². The first-order chi connectivity index (χ1) is 6.56. The molecule has 5 atom stereocenters. The van der Waals surface area contributed by atoms with Crippen molar-refractivity contribution < 1.29 is 4.74 Å². The van der Waals surface area contributed by atoms with Gasteiger partial charge in [0.05, 0.1) is 12.2 Å². The lowest BCUT2D eigenvalue weighted by Crippen LogP contribution is -2.35. The van der Waals surface area contributed by atoms with Gasteiger partial charge < -0.3 is 10.1 Å². The molecule has 0 aromatic carbocycles. The van der Waals surface area contributed by atoms with Gasteiger partial charge in [0.15, 0.2) is 0 Å². The Hall–Kier alpha value is -0.0800. The third-order valence-corrected chi connectivity index (χ3v) is 3.76. The minimum absolute atomic E-state index is 0.413. The van der Waals surface area contributed by atoms with Crippen molar-refractivity contribution in [1.29, 1.82) is 0 Å². The molecule has 5 unspecified atom stereocenters. The van der Waals surface area contributed by atoms with E-state index >= 15 is 0 Å². The molecule has 1 aliphatic rings. The molecular weight excluding hydrogens is 174 g/mol. The number of hydrogen-bond acceptors (Lipinski definition) is 2. The Bertz CT molecular complexity index is 172. The minimum atomic E-state index is 0.413. The van der Waals surface area contributed by atoms with Gasteiger partial charge in [0.2, 0.25) is 0 Å². The maximum absolute atomic E-state index is 5.81. The number of nitrogens with one attached hydrogen (secondary N) is 1. The molecule has 2 heteroatoms. The van der Waals surface area contributed by atoms with E-state index in [0.29, 0.717) is 30.1 Å². The lowest BCUT2D eigenvalue weighted by Gasteiger charge is -2.21. The Balaban J connectivity index is 2.36. The van der Waals surface area contributed by atoms with Crippen molar-refractivity contribution >= 4 is 0 Å². The highest BCUT2D eigenvalue weighted by atomic mass is 16.5. The van der Waals surface area contributed by atoms with E-state index in [1.807, 2.05) is 0 Å². The Kier molecular flexibility index (Phi) is 4.39. The second-order valence-corrected chi connectivity index (χ2v) is 4.79. The maximum atomic E-state index is 5.81. The van der Waals surface area contributed by atoms with E-state index < -0.39 is 0 Å². The Morgan fingerprint density at radius 1 is 1.21 bits per heavy atom. The van der Waals surface area contributed by atoms with Crippen LogP contribution in [-0.4, -0.2) is 24.8 Å². The zero-order valence-electron chi connectivity index (χ0n) is 10.2. The Morgan fingerprint density at radius 3 is 2.29 bits per heavy atom. The summed E-state index contributed by atoms with van der Waals surface area (Å²) in [6.45, 7) is 12.2. The predicted molar refractivity (Wildman–Crippen MR) is 60.4 cm³/mol. The first-order valence-electron chi connectivity index (χ1n) is 5.95. The van der Waals surface area contributed by atoms with Gasteiger partial charge in [-0.3, -0.25) is 0 Å². The van der Waals surface area contributed by atoms with Crippen LogP contribution < -0.4 is 5.32 Å². The highest BCUT2D eigenvalue weighted by Crippen LogP contribution is 2.31. The van der Waals surface area contributed by atoms with Gasteiger partial charge >= 0.3 is 0 Å². The van der Waals surface area contributed by atoms with Crippen LogP contribution in [0, 0.1) is 11.8 Å². The largest absolute Gasteiger partial charge is 0.375 e. The van der Waals surface area contributed by atoms with Crippen LogP contribution in [0.15, 0.2) is 0 Å². The fourth-order valence-corrected chi connectivity index (χ4v) is 2.17. The molecule has 1 fully saturated rings. The first-order valence-corrected chi connectivity index (χ1v) is 5.95. The normalized spacial score (nSPS) is 40.1. The predicted octanol–water partition coefficient (Wildman–Crippen LogP) is 2.43. The number of hydrogen-bond donors (Lipinski definition) is 1. The average molecular weight is 199 g/mol. The zero-order chi connectivity index (χ0) is 10.7. The third kappa shape index (κ3) is 2.71. The average Bonchev–Trinajstić information content (AvgIpc) is 2.39. The molecule has 0 spiro atoms. The second kappa shape index (κ2) is 5.13. The van der Waals surface area contributed by atoms with Crippen LogP contribution in [0.5, 0.6) is 0 Å². The lowest BCUT2D eigenvalue weighted by atomic mass is 9.89. The fourth-order valence-electron chi connectivity index (χ4n) is 2.17. The molecule has 0 aromatic heterocycles. The molecule has 1 N–H and O–H groups in total. The quantitative estimate of drug-likeness (QED) is 0.751. The summed E-state index contributed by atoms with van der Waals surface area (Å²) in [5, 5.41) is 3.58. The Labute approximate surface area is 88.4 Å². The first kappa shape index (κ1) is 12.0. The van der Waals surface area contributed by atoms with Gasteiger partial charge in [-0.25, -0.2) is 0 Å². The van der Waals surface area contributed by atoms with Gasteiger partial charge in [0, 0.05) is 18.5 Å². The van der Waals surface area contributed by atoms with Crippen molar-refractivity contribution in [2.75, 3.05) is 6.54 Å². The third-order valence-electron chi connectivity index (χ3n) is 3.76. The van der Waals surface area contributed by atoms with Crippen LogP contribution in [0.2, 0.25) is 0 Å². The molecule has 14 heavy (non-hydrogen) atoms. The molecule has 1 heterocycles. The minimum Gasteiger partial charge on any atom is -0.375 e. The summed E-state index contributed by atoms with van der Waals surface area (Å²) in [7, 11) is 0. The van der Waals surface area contributed by atoms with Crippen LogP contribution >= 0.6 is 0 Å². The molecule has 0 bridgehead atoms. The molecule has 0 saturated carbocycles. The number of ether oxygens (including phenoxy) is 1. The van der Waals surface area contributed by atoms with Crippen LogP contribution in [0.3, 0.4) is 0 Å². The van der Waals surface area contributed by atoms with Gasteiger partial charge in [-0.15, -0.1) is 0 Å². The molecule has 0 aromatic rings. The summed E-state index contributed by atoms with van der Waals surface area (Å²) >= 11 is 0. The van der Waals surface area contributed by atoms with Gasteiger partial charge in [-0.1, -0.05) is 13.8 Å². The van der Waals surface area contributed by atoms with Crippen LogP contribution in [0.25, 0.3) is 0 Å². The van der Waals surface area contributed by atoms with E-state index in [0.717, 1.165) is 6.54 Å². The van der Waals surface area contributed by atoms with Crippen molar-refractivity contribution in [2.45, 2.75) is 59.3 Å². The van der Waals surface area contributed by atoms with Crippen LogP contribution in [-0.2, 0) is 4.74 Å². The summed E-state index contributed by atoms with van der Waals surface area (Å²) in [5.41, 5.74) is 0. The number of rotatable bonds is 4. The summed E-state index contributed by atoms with van der Waals surface area (Å²) in [4.78, 5) is 0. The molecule has 0 aliphatic carbocycles. The van der Waals surface area contributed by atoms with Crippen molar-refractivity contribution in [2.24, 2.45) is 11.8 Å². The molecule has 1 rings (SSSR count). The van der Waals surface area contributed by atoms with Gasteiger partial charge in [-0.2, -0.15) is 0 Å². The van der Waals surface area contributed by atoms with Gasteiger partial charge in [0.1, 0.15) is 0 Å². The SMILES string of the molecule is CCC(C)NCC1C(C)OC(C)C1C. The van der Waals surface area contributed by atoms with Crippen molar-refractivity contribution in [3.63, 3.8) is 0 Å². The highest BCUT2D eigenvalue weighted by Gasteiger charge is 2.36. The molecule has 1 aliphatic heterocycles.